The van der Waals surface area contributed by atoms with Crippen LogP contribution in [0.15, 0.2) is 73.1 Å². The fourth-order valence-corrected chi connectivity index (χ4v) is 3.08. The number of carbonyl (C=O) groups excluding carboxylic acids is 1. The van der Waals surface area contributed by atoms with Gasteiger partial charge in [0.2, 0.25) is 0 Å². The van der Waals surface area contributed by atoms with Crippen molar-refractivity contribution in [1.29, 1.82) is 0 Å². The summed E-state index contributed by atoms with van der Waals surface area (Å²) in [4.78, 5) is 21.3. The van der Waals surface area contributed by atoms with Gasteiger partial charge in [-0.3, -0.25) is 14.8 Å². The summed E-state index contributed by atoms with van der Waals surface area (Å²) in [6.45, 7) is 1.99. The molecule has 0 radical (unpaired) electrons. The number of hydrogen-bond acceptors (Lipinski definition) is 4. The number of para-hydroxylation sites is 1. The number of aromatic nitrogens is 2. The molecule has 6 heteroatoms. The molecule has 0 bridgehead atoms. The lowest BCUT2D eigenvalue weighted by Crippen LogP contribution is -2.14. The van der Waals surface area contributed by atoms with Crippen molar-refractivity contribution in [3.63, 3.8) is 0 Å². The van der Waals surface area contributed by atoms with E-state index in [1.807, 2.05) is 55.5 Å². The molecule has 0 aliphatic heterocycles. The highest BCUT2D eigenvalue weighted by molar-refractivity contribution is 6.30. The number of hydrogen-bond donors (Lipinski definition) is 2. The van der Waals surface area contributed by atoms with Gasteiger partial charge < -0.3 is 10.6 Å². The number of rotatable bonds is 4. The summed E-state index contributed by atoms with van der Waals surface area (Å²) in [6.07, 6.45) is 3.30. The Morgan fingerprint density at radius 2 is 1.79 bits per heavy atom. The normalized spacial score (nSPS) is 10.6. The fourth-order valence-electron chi connectivity index (χ4n) is 2.91. The van der Waals surface area contributed by atoms with Crippen LogP contribution >= 0.6 is 11.6 Å². The summed E-state index contributed by atoms with van der Waals surface area (Å²) < 4.78 is 0. The van der Waals surface area contributed by atoms with Crippen LogP contribution in [0.1, 0.15) is 16.1 Å². The number of carbonyl (C=O) groups is 1. The standard InChI is InChI=1S/C22H17ClN4O/c1-14-7-8-16(23)12-19(14)26-17-9-11-24-20(13-17)22(28)27-18-6-2-4-15-5-3-10-25-21(15)18/h2-13H,1H3,(H,24,26)(H,27,28). The van der Waals surface area contributed by atoms with E-state index in [4.69, 9.17) is 11.6 Å². The molecule has 0 saturated carbocycles. The Bertz CT molecular complexity index is 1170. The van der Waals surface area contributed by atoms with Gasteiger partial charge >= 0.3 is 0 Å². The van der Waals surface area contributed by atoms with E-state index in [1.54, 1.807) is 24.5 Å². The van der Waals surface area contributed by atoms with Crippen LogP contribution in [0, 0.1) is 6.92 Å². The van der Waals surface area contributed by atoms with Gasteiger partial charge in [-0.05, 0) is 48.9 Å². The SMILES string of the molecule is Cc1ccc(Cl)cc1Nc1ccnc(C(=O)Nc2cccc3cccnc23)c1. The minimum absolute atomic E-state index is 0.301. The Balaban J connectivity index is 1.58. The maximum atomic E-state index is 12.7. The van der Waals surface area contributed by atoms with Gasteiger partial charge in [0.15, 0.2) is 0 Å². The van der Waals surface area contributed by atoms with Crippen LogP contribution in [-0.4, -0.2) is 15.9 Å². The summed E-state index contributed by atoms with van der Waals surface area (Å²) in [5.41, 5.74) is 4.37. The molecule has 4 rings (SSSR count). The Kier molecular flexibility index (Phi) is 4.91. The van der Waals surface area contributed by atoms with Crippen LogP contribution in [0.25, 0.3) is 10.9 Å². The van der Waals surface area contributed by atoms with Gasteiger partial charge in [-0.25, -0.2) is 0 Å². The number of amides is 1. The molecule has 2 heterocycles. The average molecular weight is 389 g/mol. The van der Waals surface area contributed by atoms with Crippen molar-refractivity contribution in [2.75, 3.05) is 10.6 Å². The molecule has 2 aromatic heterocycles. The van der Waals surface area contributed by atoms with Crippen LogP contribution in [0.2, 0.25) is 5.02 Å². The molecule has 2 aromatic carbocycles. The molecule has 0 atom stereocenters. The first-order chi connectivity index (χ1) is 13.6. The van der Waals surface area contributed by atoms with Gasteiger partial charge in [0, 0.05) is 34.2 Å². The highest BCUT2D eigenvalue weighted by Gasteiger charge is 2.11. The highest BCUT2D eigenvalue weighted by atomic mass is 35.5. The predicted octanol–water partition coefficient (Wildman–Crippen LogP) is 5.59. The smallest absolute Gasteiger partial charge is 0.274 e. The van der Waals surface area contributed by atoms with E-state index < -0.39 is 0 Å². The molecular formula is C22H17ClN4O. The minimum atomic E-state index is -0.301. The fraction of sp³-hybridized carbons (Fsp3) is 0.0455. The van der Waals surface area contributed by atoms with Crippen LogP contribution in [-0.2, 0) is 0 Å². The zero-order valence-electron chi connectivity index (χ0n) is 15.1. The third-order valence-corrected chi connectivity index (χ3v) is 4.59. The van der Waals surface area contributed by atoms with E-state index >= 15 is 0 Å². The van der Waals surface area contributed by atoms with Crippen molar-refractivity contribution in [2.45, 2.75) is 6.92 Å². The molecule has 0 saturated heterocycles. The molecule has 138 valence electrons. The first-order valence-electron chi connectivity index (χ1n) is 8.74. The van der Waals surface area contributed by atoms with E-state index in [-0.39, 0.29) is 5.91 Å². The Morgan fingerprint density at radius 3 is 2.68 bits per heavy atom. The number of fused-ring (bicyclic) bond motifs is 1. The molecule has 0 spiro atoms. The quantitative estimate of drug-likeness (QED) is 0.478. The topological polar surface area (TPSA) is 66.9 Å². The van der Waals surface area contributed by atoms with Gasteiger partial charge in [0.1, 0.15) is 5.69 Å². The number of nitrogens with zero attached hydrogens (tertiary/aromatic N) is 2. The molecule has 0 aliphatic carbocycles. The van der Waals surface area contributed by atoms with Crippen molar-refractivity contribution < 1.29 is 4.79 Å². The van der Waals surface area contributed by atoms with Crippen LogP contribution < -0.4 is 10.6 Å². The third kappa shape index (κ3) is 3.80. The number of benzene rings is 2. The first kappa shape index (κ1) is 17.9. The second kappa shape index (κ2) is 7.66. The lowest BCUT2D eigenvalue weighted by molar-refractivity contribution is 0.102. The molecule has 2 N–H and O–H groups in total. The summed E-state index contributed by atoms with van der Waals surface area (Å²) in [7, 11) is 0. The highest BCUT2D eigenvalue weighted by Crippen LogP contribution is 2.25. The number of aryl methyl sites for hydroxylation is 1. The zero-order valence-corrected chi connectivity index (χ0v) is 15.9. The molecule has 4 aromatic rings. The third-order valence-electron chi connectivity index (χ3n) is 4.35. The number of anilines is 3. The number of halogens is 1. The number of nitrogens with one attached hydrogen (secondary N) is 2. The number of pyridine rings is 2. The zero-order chi connectivity index (χ0) is 19.5. The molecule has 1 amide bonds. The van der Waals surface area contributed by atoms with E-state index in [0.717, 1.165) is 27.8 Å². The van der Waals surface area contributed by atoms with E-state index in [2.05, 4.69) is 20.6 Å². The summed E-state index contributed by atoms with van der Waals surface area (Å²) >= 11 is 6.08. The summed E-state index contributed by atoms with van der Waals surface area (Å²) in [5, 5.41) is 7.79. The van der Waals surface area contributed by atoms with Crippen molar-refractivity contribution >= 4 is 45.5 Å². The predicted molar refractivity (Wildman–Crippen MR) is 113 cm³/mol. The largest absolute Gasteiger partial charge is 0.355 e. The Morgan fingerprint density at radius 1 is 0.929 bits per heavy atom. The lowest BCUT2D eigenvalue weighted by atomic mass is 10.2. The van der Waals surface area contributed by atoms with Gasteiger partial charge in [0.05, 0.1) is 11.2 Å². The molecule has 0 aliphatic rings. The van der Waals surface area contributed by atoms with Gasteiger partial charge in [-0.2, -0.15) is 0 Å². The minimum Gasteiger partial charge on any atom is -0.355 e. The Labute approximate surface area is 167 Å². The summed E-state index contributed by atoms with van der Waals surface area (Å²) in [5.74, 6) is -0.301. The van der Waals surface area contributed by atoms with Gasteiger partial charge in [0.25, 0.3) is 5.91 Å². The second-order valence-electron chi connectivity index (χ2n) is 6.35. The molecule has 5 nitrogen and oxygen atoms in total. The van der Waals surface area contributed by atoms with E-state index in [9.17, 15) is 4.79 Å². The molecular weight excluding hydrogens is 372 g/mol. The molecule has 0 unspecified atom stereocenters. The van der Waals surface area contributed by atoms with Crippen molar-refractivity contribution in [2.24, 2.45) is 0 Å². The lowest BCUT2D eigenvalue weighted by Gasteiger charge is -2.11. The maximum Gasteiger partial charge on any atom is 0.274 e. The van der Waals surface area contributed by atoms with Crippen LogP contribution in [0.5, 0.6) is 0 Å². The molecule has 28 heavy (non-hydrogen) atoms. The van der Waals surface area contributed by atoms with Crippen LogP contribution in [0.4, 0.5) is 17.1 Å². The molecule has 0 fully saturated rings. The monoisotopic (exact) mass is 388 g/mol. The van der Waals surface area contributed by atoms with Crippen molar-refractivity contribution in [3.8, 4) is 0 Å². The van der Waals surface area contributed by atoms with Gasteiger partial charge in [-0.15, -0.1) is 0 Å². The van der Waals surface area contributed by atoms with E-state index in [0.29, 0.717) is 16.4 Å². The summed E-state index contributed by atoms with van der Waals surface area (Å²) in [6, 6.07) is 18.6. The van der Waals surface area contributed by atoms with Crippen molar-refractivity contribution in [3.05, 3.63) is 89.3 Å². The average Bonchev–Trinajstić information content (AvgIpc) is 2.71. The first-order valence-corrected chi connectivity index (χ1v) is 9.12. The second-order valence-corrected chi connectivity index (χ2v) is 6.79. The Hall–Kier alpha value is -3.44. The maximum absolute atomic E-state index is 12.7. The van der Waals surface area contributed by atoms with Gasteiger partial charge in [-0.1, -0.05) is 35.9 Å². The van der Waals surface area contributed by atoms with Crippen LogP contribution in [0.3, 0.4) is 0 Å². The van der Waals surface area contributed by atoms with E-state index in [1.165, 1.54) is 0 Å². The van der Waals surface area contributed by atoms with Crippen molar-refractivity contribution in [1.82, 2.24) is 9.97 Å².